The number of carbonyl (C=O) groups is 1. The van der Waals surface area contributed by atoms with E-state index in [1.807, 2.05) is 13.0 Å². The number of carbonyl (C=O) groups excluding carboxylic acids is 1. The highest BCUT2D eigenvalue weighted by Crippen LogP contribution is 2.36. The molecule has 1 aromatic carbocycles. The third-order valence-corrected chi connectivity index (χ3v) is 3.37. The molecule has 0 spiro atoms. The third-order valence-electron chi connectivity index (χ3n) is 3.37. The Morgan fingerprint density at radius 3 is 3.00 bits per heavy atom. The van der Waals surface area contributed by atoms with E-state index < -0.39 is 5.82 Å². The molecule has 1 heterocycles. The predicted octanol–water partition coefficient (Wildman–Crippen LogP) is 2.20. The first-order valence-electron chi connectivity index (χ1n) is 6.51. The van der Waals surface area contributed by atoms with Gasteiger partial charge in [-0.3, -0.25) is 4.79 Å². The second kappa shape index (κ2) is 5.57. The fourth-order valence-corrected chi connectivity index (χ4v) is 2.33. The van der Waals surface area contributed by atoms with Crippen molar-refractivity contribution in [3.63, 3.8) is 0 Å². The molecule has 0 aromatic heterocycles. The molecule has 2 atom stereocenters. The van der Waals surface area contributed by atoms with Crippen LogP contribution in [0.5, 0.6) is 5.75 Å². The van der Waals surface area contributed by atoms with Crippen molar-refractivity contribution in [1.29, 1.82) is 0 Å². The number of nitrogens with two attached hydrogens (primary N) is 1. The van der Waals surface area contributed by atoms with Gasteiger partial charge in [0.15, 0.2) is 11.6 Å². The molecule has 104 valence electrons. The molecule has 0 aliphatic carbocycles. The lowest BCUT2D eigenvalue weighted by Gasteiger charge is -2.28. The SMILES string of the molecule is CCC(N)c1cc(F)c2c(c1)C(NC(C)=O)CCO2. The van der Waals surface area contributed by atoms with Gasteiger partial charge < -0.3 is 15.8 Å². The Hall–Kier alpha value is -1.62. The summed E-state index contributed by atoms with van der Waals surface area (Å²) >= 11 is 0. The zero-order valence-corrected chi connectivity index (χ0v) is 11.2. The van der Waals surface area contributed by atoms with Gasteiger partial charge in [0.25, 0.3) is 0 Å². The van der Waals surface area contributed by atoms with Gasteiger partial charge in [-0.2, -0.15) is 0 Å². The van der Waals surface area contributed by atoms with Crippen LogP contribution in [-0.2, 0) is 4.79 Å². The number of halogens is 1. The van der Waals surface area contributed by atoms with Crippen LogP contribution in [0.1, 0.15) is 49.9 Å². The Bertz CT molecular complexity index is 491. The number of fused-ring (bicyclic) bond motifs is 1. The van der Waals surface area contributed by atoms with E-state index in [0.717, 1.165) is 12.0 Å². The standard InChI is InChI=1S/C14H19FN2O2/c1-3-12(16)9-6-10-13(17-8(2)18)4-5-19-14(10)11(15)7-9/h6-7,12-13H,3-5,16H2,1-2H3,(H,17,18). The smallest absolute Gasteiger partial charge is 0.217 e. The number of amides is 1. The Labute approximate surface area is 112 Å². The summed E-state index contributed by atoms with van der Waals surface area (Å²) in [5, 5.41) is 2.82. The van der Waals surface area contributed by atoms with Crippen molar-refractivity contribution in [3.05, 3.63) is 29.1 Å². The highest BCUT2D eigenvalue weighted by atomic mass is 19.1. The molecular weight excluding hydrogens is 247 g/mol. The quantitative estimate of drug-likeness (QED) is 0.881. The van der Waals surface area contributed by atoms with Crippen molar-refractivity contribution in [2.45, 2.75) is 38.8 Å². The van der Waals surface area contributed by atoms with Crippen LogP contribution in [-0.4, -0.2) is 12.5 Å². The number of benzene rings is 1. The van der Waals surface area contributed by atoms with Gasteiger partial charge >= 0.3 is 0 Å². The summed E-state index contributed by atoms with van der Waals surface area (Å²) in [7, 11) is 0. The van der Waals surface area contributed by atoms with E-state index in [9.17, 15) is 9.18 Å². The maximum absolute atomic E-state index is 14.0. The van der Waals surface area contributed by atoms with Gasteiger partial charge in [0, 0.05) is 24.9 Å². The summed E-state index contributed by atoms with van der Waals surface area (Å²) in [6.07, 6.45) is 1.36. The lowest BCUT2D eigenvalue weighted by atomic mass is 9.94. The number of hydrogen-bond donors (Lipinski definition) is 2. The van der Waals surface area contributed by atoms with Crippen LogP contribution in [0.4, 0.5) is 4.39 Å². The molecule has 1 aliphatic rings. The Kier molecular flexibility index (Phi) is 4.04. The monoisotopic (exact) mass is 266 g/mol. The number of nitrogens with one attached hydrogen (secondary N) is 1. The van der Waals surface area contributed by atoms with E-state index in [1.165, 1.54) is 13.0 Å². The highest BCUT2D eigenvalue weighted by Gasteiger charge is 2.26. The van der Waals surface area contributed by atoms with Crippen LogP contribution < -0.4 is 15.8 Å². The summed E-state index contributed by atoms with van der Waals surface area (Å²) in [5.41, 5.74) is 7.36. The van der Waals surface area contributed by atoms with Crippen LogP contribution in [0.25, 0.3) is 0 Å². The second-order valence-corrected chi connectivity index (χ2v) is 4.83. The molecule has 1 amide bonds. The second-order valence-electron chi connectivity index (χ2n) is 4.83. The van der Waals surface area contributed by atoms with Crippen LogP contribution in [0, 0.1) is 5.82 Å². The van der Waals surface area contributed by atoms with E-state index >= 15 is 0 Å². The maximum Gasteiger partial charge on any atom is 0.217 e. The molecular formula is C14H19FN2O2. The average Bonchev–Trinajstić information content (AvgIpc) is 2.38. The number of ether oxygens (including phenoxy) is 1. The van der Waals surface area contributed by atoms with Crippen molar-refractivity contribution >= 4 is 5.91 Å². The minimum Gasteiger partial charge on any atom is -0.490 e. The minimum absolute atomic E-state index is 0.136. The van der Waals surface area contributed by atoms with E-state index in [4.69, 9.17) is 10.5 Å². The van der Waals surface area contributed by atoms with Gasteiger partial charge in [-0.15, -0.1) is 0 Å². The topological polar surface area (TPSA) is 64.3 Å². The first-order chi connectivity index (χ1) is 9.02. The van der Waals surface area contributed by atoms with E-state index in [1.54, 1.807) is 0 Å². The minimum atomic E-state index is -0.411. The number of hydrogen-bond acceptors (Lipinski definition) is 3. The van der Waals surface area contributed by atoms with Crippen LogP contribution in [0.2, 0.25) is 0 Å². The van der Waals surface area contributed by atoms with Gasteiger partial charge in [0.1, 0.15) is 0 Å². The van der Waals surface area contributed by atoms with Crippen molar-refractivity contribution in [2.75, 3.05) is 6.61 Å². The Morgan fingerprint density at radius 1 is 1.63 bits per heavy atom. The molecule has 2 rings (SSSR count). The molecule has 1 aliphatic heterocycles. The van der Waals surface area contributed by atoms with Crippen molar-refractivity contribution in [2.24, 2.45) is 5.73 Å². The van der Waals surface area contributed by atoms with Crippen LogP contribution in [0.3, 0.4) is 0 Å². The fraction of sp³-hybridized carbons (Fsp3) is 0.500. The Morgan fingerprint density at radius 2 is 2.37 bits per heavy atom. The zero-order chi connectivity index (χ0) is 14.0. The van der Waals surface area contributed by atoms with Gasteiger partial charge in [0.2, 0.25) is 5.91 Å². The molecule has 0 radical (unpaired) electrons. The van der Waals surface area contributed by atoms with E-state index in [0.29, 0.717) is 18.6 Å². The zero-order valence-electron chi connectivity index (χ0n) is 11.2. The van der Waals surface area contributed by atoms with Gasteiger partial charge in [0.05, 0.1) is 12.6 Å². The molecule has 1 aromatic rings. The average molecular weight is 266 g/mol. The third kappa shape index (κ3) is 2.87. The predicted molar refractivity (Wildman–Crippen MR) is 70.3 cm³/mol. The molecule has 0 saturated heterocycles. The van der Waals surface area contributed by atoms with Crippen molar-refractivity contribution < 1.29 is 13.9 Å². The summed E-state index contributed by atoms with van der Waals surface area (Å²) in [4.78, 5) is 11.2. The number of rotatable bonds is 3. The summed E-state index contributed by atoms with van der Waals surface area (Å²) < 4.78 is 19.4. The van der Waals surface area contributed by atoms with Crippen molar-refractivity contribution in [3.8, 4) is 5.75 Å². The largest absolute Gasteiger partial charge is 0.490 e. The summed E-state index contributed by atoms with van der Waals surface area (Å²) in [6, 6.07) is 2.84. The molecule has 0 bridgehead atoms. The summed E-state index contributed by atoms with van der Waals surface area (Å²) in [5.74, 6) is -0.313. The molecule has 19 heavy (non-hydrogen) atoms. The lowest BCUT2D eigenvalue weighted by molar-refractivity contribution is -0.119. The van der Waals surface area contributed by atoms with Crippen molar-refractivity contribution in [1.82, 2.24) is 5.32 Å². The van der Waals surface area contributed by atoms with Gasteiger partial charge in [-0.25, -0.2) is 4.39 Å². The van der Waals surface area contributed by atoms with Gasteiger partial charge in [-0.05, 0) is 24.1 Å². The van der Waals surface area contributed by atoms with E-state index in [-0.39, 0.29) is 23.7 Å². The van der Waals surface area contributed by atoms with Gasteiger partial charge in [-0.1, -0.05) is 6.92 Å². The molecule has 4 nitrogen and oxygen atoms in total. The highest BCUT2D eigenvalue weighted by molar-refractivity contribution is 5.73. The summed E-state index contributed by atoms with van der Waals surface area (Å²) in [6.45, 7) is 3.80. The van der Waals surface area contributed by atoms with Crippen LogP contribution >= 0.6 is 0 Å². The molecule has 2 unspecified atom stereocenters. The molecule has 5 heteroatoms. The maximum atomic E-state index is 14.0. The molecule has 0 fully saturated rings. The normalized spacial score (nSPS) is 19.3. The van der Waals surface area contributed by atoms with E-state index in [2.05, 4.69) is 5.32 Å². The lowest BCUT2D eigenvalue weighted by Crippen LogP contribution is -2.31. The molecule has 3 N–H and O–H groups in total. The first kappa shape index (κ1) is 13.8. The van der Waals surface area contributed by atoms with Crippen LogP contribution in [0.15, 0.2) is 12.1 Å². The molecule has 0 saturated carbocycles. The Balaban J connectivity index is 2.42. The fourth-order valence-electron chi connectivity index (χ4n) is 2.33. The first-order valence-corrected chi connectivity index (χ1v) is 6.51.